The minimum Gasteiger partial charge on any atom is -0.477 e. The Morgan fingerprint density at radius 1 is 1.00 bits per heavy atom. The van der Waals surface area contributed by atoms with Gasteiger partial charge in [-0.3, -0.25) is 10.1 Å². The van der Waals surface area contributed by atoms with Crippen molar-refractivity contribution >= 4 is 49.2 Å². The van der Waals surface area contributed by atoms with Crippen molar-refractivity contribution in [3.8, 4) is 0 Å². The van der Waals surface area contributed by atoms with Crippen molar-refractivity contribution in [1.29, 1.82) is 5.41 Å². The van der Waals surface area contributed by atoms with Crippen molar-refractivity contribution in [3.05, 3.63) is 102 Å². The van der Waals surface area contributed by atoms with Gasteiger partial charge in [-0.05, 0) is 52.7 Å². The van der Waals surface area contributed by atoms with E-state index in [-0.39, 0.29) is 23.1 Å². The third kappa shape index (κ3) is 4.25. The van der Waals surface area contributed by atoms with E-state index in [1.165, 1.54) is 12.3 Å². The second-order valence-electron chi connectivity index (χ2n) is 8.24. The van der Waals surface area contributed by atoms with Gasteiger partial charge in [0.25, 0.3) is 10.0 Å². The van der Waals surface area contributed by atoms with Crippen LogP contribution >= 0.6 is 0 Å². The second-order valence-corrected chi connectivity index (χ2v) is 9.87. The normalized spacial score (nSPS) is 11.6. The summed E-state index contributed by atoms with van der Waals surface area (Å²) in [6, 6.07) is 22.1. The van der Waals surface area contributed by atoms with Crippen LogP contribution < -0.4 is 10.5 Å². The SMILES string of the molecule is N=C(N)c1ccc2cc(C(=O)O)n(Cc3cc(NS(=O)(=O)c4ccccn4)cc4ccccc34)c2c1. The number of rotatable bonds is 7. The quantitative estimate of drug-likeness (QED) is 0.196. The summed E-state index contributed by atoms with van der Waals surface area (Å²) in [6.45, 7) is 0.145. The van der Waals surface area contributed by atoms with Crippen molar-refractivity contribution in [2.75, 3.05) is 4.72 Å². The monoisotopic (exact) mass is 499 g/mol. The van der Waals surface area contributed by atoms with E-state index in [4.69, 9.17) is 11.1 Å². The lowest BCUT2D eigenvalue weighted by Crippen LogP contribution is -2.15. The highest BCUT2D eigenvalue weighted by atomic mass is 32.2. The molecule has 0 spiro atoms. The van der Waals surface area contributed by atoms with Crippen molar-refractivity contribution in [2.45, 2.75) is 11.6 Å². The fourth-order valence-electron chi connectivity index (χ4n) is 4.23. The molecule has 5 N–H and O–H groups in total. The Bertz CT molecular complexity index is 1760. The van der Waals surface area contributed by atoms with Crippen LogP contribution in [0.3, 0.4) is 0 Å². The highest BCUT2D eigenvalue weighted by Crippen LogP contribution is 2.29. The molecule has 0 aliphatic rings. The number of nitrogen functional groups attached to an aromatic ring is 1. The van der Waals surface area contributed by atoms with Crippen LogP contribution in [0.25, 0.3) is 21.7 Å². The van der Waals surface area contributed by atoms with Gasteiger partial charge in [0.05, 0.1) is 0 Å². The van der Waals surface area contributed by atoms with E-state index in [0.29, 0.717) is 27.7 Å². The summed E-state index contributed by atoms with van der Waals surface area (Å²) in [5, 5.41) is 19.9. The number of pyridine rings is 1. The number of carboxylic acids is 1. The zero-order valence-electron chi connectivity index (χ0n) is 18.8. The highest BCUT2D eigenvalue weighted by molar-refractivity contribution is 7.92. The molecule has 2 heterocycles. The van der Waals surface area contributed by atoms with E-state index in [1.54, 1.807) is 53.1 Å². The van der Waals surface area contributed by atoms with Gasteiger partial charge in [-0.1, -0.05) is 42.5 Å². The largest absolute Gasteiger partial charge is 0.477 e. The predicted octanol–water partition coefficient (Wildman–Crippen LogP) is 4.02. The average Bonchev–Trinajstić information content (AvgIpc) is 3.22. The summed E-state index contributed by atoms with van der Waals surface area (Å²) in [5.41, 5.74) is 7.83. The van der Waals surface area contributed by atoms with Crippen molar-refractivity contribution in [1.82, 2.24) is 9.55 Å². The number of sulfonamides is 1. The first-order valence-electron chi connectivity index (χ1n) is 10.9. The number of aromatic nitrogens is 2. The molecule has 0 atom stereocenters. The fraction of sp³-hybridized carbons (Fsp3) is 0.0385. The number of amidine groups is 1. The van der Waals surface area contributed by atoms with Crippen LogP contribution in [0, 0.1) is 5.41 Å². The Kier molecular flexibility index (Phi) is 5.65. The lowest BCUT2D eigenvalue weighted by molar-refractivity contribution is 0.0686. The molecular formula is C26H21N5O4S. The van der Waals surface area contributed by atoms with Gasteiger partial charge in [0.1, 0.15) is 11.5 Å². The van der Waals surface area contributed by atoms with Crippen LogP contribution in [-0.4, -0.2) is 34.9 Å². The Balaban J connectivity index is 1.65. The first-order valence-corrected chi connectivity index (χ1v) is 12.4. The Morgan fingerprint density at radius 3 is 2.50 bits per heavy atom. The lowest BCUT2D eigenvalue weighted by Gasteiger charge is -2.15. The van der Waals surface area contributed by atoms with E-state index in [9.17, 15) is 18.3 Å². The molecule has 2 aromatic heterocycles. The smallest absolute Gasteiger partial charge is 0.352 e. The number of anilines is 1. The molecule has 9 nitrogen and oxygen atoms in total. The number of nitrogens with zero attached hydrogens (tertiary/aromatic N) is 2. The maximum absolute atomic E-state index is 12.9. The summed E-state index contributed by atoms with van der Waals surface area (Å²) in [6.07, 6.45) is 1.40. The van der Waals surface area contributed by atoms with Gasteiger partial charge in [0, 0.05) is 34.9 Å². The van der Waals surface area contributed by atoms with Gasteiger partial charge in [0.15, 0.2) is 5.03 Å². The number of carbonyl (C=O) groups is 1. The Morgan fingerprint density at radius 2 is 1.78 bits per heavy atom. The van der Waals surface area contributed by atoms with Gasteiger partial charge in [0.2, 0.25) is 0 Å². The molecule has 0 fully saturated rings. The maximum atomic E-state index is 12.9. The van der Waals surface area contributed by atoms with Gasteiger partial charge >= 0.3 is 5.97 Å². The van der Waals surface area contributed by atoms with Crippen LogP contribution in [0.2, 0.25) is 0 Å². The minimum absolute atomic E-state index is 0.0641. The zero-order chi connectivity index (χ0) is 25.4. The van der Waals surface area contributed by atoms with Crippen LogP contribution in [0.1, 0.15) is 21.6 Å². The van der Waals surface area contributed by atoms with Crippen molar-refractivity contribution in [2.24, 2.45) is 5.73 Å². The fourth-order valence-corrected chi connectivity index (χ4v) is 5.22. The average molecular weight is 500 g/mol. The first kappa shape index (κ1) is 23.1. The molecule has 0 unspecified atom stereocenters. The topological polar surface area (TPSA) is 151 Å². The molecule has 0 amide bonds. The number of nitrogens with one attached hydrogen (secondary N) is 2. The van der Waals surface area contributed by atoms with Crippen LogP contribution in [-0.2, 0) is 16.6 Å². The summed E-state index contributed by atoms with van der Waals surface area (Å²) in [4.78, 5) is 16.0. The van der Waals surface area contributed by atoms with E-state index >= 15 is 0 Å². The molecule has 3 aromatic carbocycles. The molecule has 0 saturated heterocycles. The number of hydrogen-bond acceptors (Lipinski definition) is 5. The molecule has 0 aliphatic heterocycles. The molecule has 0 saturated carbocycles. The zero-order valence-corrected chi connectivity index (χ0v) is 19.7. The van der Waals surface area contributed by atoms with E-state index in [1.807, 2.05) is 24.3 Å². The number of nitrogens with two attached hydrogens (primary N) is 1. The summed E-state index contributed by atoms with van der Waals surface area (Å²) in [7, 11) is -3.93. The van der Waals surface area contributed by atoms with Gasteiger partial charge in [-0.15, -0.1) is 0 Å². The van der Waals surface area contributed by atoms with Crippen LogP contribution in [0.15, 0.2) is 90.1 Å². The second kappa shape index (κ2) is 8.82. The molecule has 0 aliphatic carbocycles. The molecule has 180 valence electrons. The molecule has 5 aromatic rings. The third-order valence-corrected chi connectivity index (χ3v) is 7.17. The van der Waals surface area contributed by atoms with E-state index < -0.39 is 16.0 Å². The number of aromatic carboxylic acids is 1. The molecule has 0 radical (unpaired) electrons. The third-order valence-electron chi connectivity index (χ3n) is 5.88. The number of carboxylic acid groups (broad SMARTS) is 1. The van der Waals surface area contributed by atoms with Gasteiger partial charge in [-0.25, -0.2) is 9.78 Å². The number of benzene rings is 3. The number of fused-ring (bicyclic) bond motifs is 2. The van der Waals surface area contributed by atoms with Crippen LogP contribution in [0.5, 0.6) is 0 Å². The summed E-state index contributed by atoms with van der Waals surface area (Å²) in [5.74, 6) is -1.23. The van der Waals surface area contributed by atoms with Gasteiger partial charge in [-0.2, -0.15) is 8.42 Å². The maximum Gasteiger partial charge on any atom is 0.352 e. The van der Waals surface area contributed by atoms with E-state index in [2.05, 4.69) is 9.71 Å². The molecule has 10 heteroatoms. The molecule has 36 heavy (non-hydrogen) atoms. The summed E-state index contributed by atoms with van der Waals surface area (Å²) >= 11 is 0. The predicted molar refractivity (Wildman–Crippen MR) is 138 cm³/mol. The van der Waals surface area contributed by atoms with E-state index in [0.717, 1.165) is 10.8 Å². The lowest BCUT2D eigenvalue weighted by atomic mass is 10.0. The molecule has 0 bridgehead atoms. The Labute approximate surface area is 206 Å². The van der Waals surface area contributed by atoms with Crippen molar-refractivity contribution < 1.29 is 18.3 Å². The Hall–Kier alpha value is -4.70. The highest BCUT2D eigenvalue weighted by Gasteiger charge is 2.19. The molecule has 5 rings (SSSR count). The summed E-state index contributed by atoms with van der Waals surface area (Å²) < 4.78 is 30.0. The minimum atomic E-state index is -3.93. The standard InChI is InChI=1S/C26H21N5O4S/c27-25(28)18-9-8-17-13-23(26(32)33)31(22(17)14-18)15-19-12-20(11-16-5-1-2-6-21(16)19)30-36(34,35)24-7-3-4-10-29-24/h1-14,30H,15H2,(H3,27,28)(H,32,33). The van der Waals surface area contributed by atoms with Crippen LogP contribution in [0.4, 0.5) is 5.69 Å². The first-order chi connectivity index (χ1) is 17.2. The molecular weight excluding hydrogens is 478 g/mol. The van der Waals surface area contributed by atoms with Crippen molar-refractivity contribution in [3.63, 3.8) is 0 Å². The number of hydrogen-bond donors (Lipinski definition) is 4. The van der Waals surface area contributed by atoms with Gasteiger partial charge < -0.3 is 15.4 Å².